The predicted octanol–water partition coefficient (Wildman–Crippen LogP) is 3.67. The van der Waals surface area contributed by atoms with Gasteiger partial charge in [0.05, 0.1) is 6.10 Å². The summed E-state index contributed by atoms with van der Waals surface area (Å²) in [6.45, 7) is 6.92. The fraction of sp³-hybridized carbons (Fsp3) is 0.857. The summed E-state index contributed by atoms with van der Waals surface area (Å²) in [6.07, 6.45) is 7.08. The van der Waals surface area contributed by atoms with E-state index in [4.69, 9.17) is 0 Å². The van der Waals surface area contributed by atoms with Crippen molar-refractivity contribution in [3.63, 3.8) is 0 Å². The average molecular weight is 208 g/mol. The molecule has 1 nitrogen and oxygen atoms in total. The Kier molecular flexibility index (Phi) is 2.94. The Bertz CT molecular complexity index is 279. The van der Waals surface area contributed by atoms with Crippen LogP contribution in [-0.4, -0.2) is 11.2 Å². The van der Waals surface area contributed by atoms with Crippen LogP contribution in [0, 0.1) is 11.3 Å². The van der Waals surface area contributed by atoms with E-state index in [0.29, 0.717) is 11.3 Å². The van der Waals surface area contributed by atoms with E-state index in [-0.39, 0.29) is 6.10 Å². The topological polar surface area (TPSA) is 20.2 Å². The molecule has 0 aromatic carbocycles. The van der Waals surface area contributed by atoms with E-state index < -0.39 is 0 Å². The minimum Gasteiger partial charge on any atom is -0.393 e. The highest BCUT2D eigenvalue weighted by molar-refractivity contribution is 5.27. The quantitative estimate of drug-likeness (QED) is 0.652. The highest BCUT2D eigenvalue weighted by Crippen LogP contribution is 2.53. The zero-order chi connectivity index (χ0) is 11.1. The van der Waals surface area contributed by atoms with Crippen LogP contribution >= 0.6 is 0 Å². The minimum atomic E-state index is -0.0605. The van der Waals surface area contributed by atoms with Gasteiger partial charge in [-0.2, -0.15) is 0 Å². The van der Waals surface area contributed by atoms with Gasteiger partial charge in [-0.1, -0.05) is 31.4 Å². The molecule has 0 amide bonds. The van der Waals surface area contributed by atoms with E-state index in [9.17, 15) is 5.11 Å². The molecule has 0 saturated heterocycles. The molecule has 1 fully saturated rings. The van der Waals surface area contributed by atoms with Crippen LogP contribution in [0.25, 0.3) is 0 Å². The van der Waals surface area contributed by atoms with Crippen molar-refractivity contribution in [3.8, 4) is 0 Å². The number of hydrogen-bond donors (Lipinski definition) is 1. The second kappa shape index (κ2) is 3.93. The fourth-order valence-electron chi connectivity index (χ4n) is 4.06. The van der Waals surface area contributed by atoms with Gasteiger partial charge in [0.15, 0.2) is 0 Å². The van der Waals surface area contributed by atoms with Crippen LogP contribution < -0.4 is 0 Å². The molecule has 0 heterocycles. The minimum absolute atomic E-state index is 0.0605. The van der Waals surface area contributed by atoms with Crippen LogP contribution in [0.15, 0.2) is 11.1 Å². The Morgan fingerprint density at radius 2 is 2.13 bits per heavy atom. The van der Waals surface area contributed by atoms with Crippen LogP contribution in [0.5, 0.6) is 0 Å². The maximum Gasteiger partial charge on any atom is 0.0579 e. The number of hydrogen-bond acceptors (Lipinski definition) is 1. The van der Waals surface area contributed by atoms with E-state index in [1.807, 2.05) is 0 Å². The molecule has 0 spiro atoms. The molecule has 0 bridgehead atoms. The van der Waals surface area contributed by atoms with Gasteiger partial charge in [0.1, 0.15) is 0 Å². The lowest BCUT2D eigenvalue weighted by molar-refractivity contribution is 0.00273. The lowest BCUT2D eigenvalue weighted by atomic mass is 9.57. The summed E-state index contributed by atoms with van der Waals surface area (Å²) >= 11 is 0. The smallest absolute Gasteiger partial charge is 0.0579 e. The highest BCUT2D eigenvalue weighted by atomic mass is 16.3. The Labute approximate surface area is 93.6 Å². The van der Waals surface area contributed by atoms with Crippen LogP contribution in [0.1, 0.15) is 59.3 Å². The van der Waals surface area contributed by atoms with Crippen molar-refractivity contribution in [2.45, 2.75) is 65.4 Å². The molecule has 1 saturated carbocycles. The van der Waals surface area contributed by atoms with Crippen LogP contribution in [-0.2, 0) is 0 Å². The molecule has 2 rings (SSSR count). The van der Waals surface area contributed by atoms with E-state index >= 15 is 0 Å². The van der Waals surface area contributed by atoms with Crippen LogP contribution in [0.2, 0.25) is 0 Å². The summed E-state index contributed by atoms with van der Waals surface area (Å²) in [7, 11) is 0. The molecule has 2 aliphatic carbocycles. The van der Waals surface area contributed by atoms with Crippen molar-refractivity contribution in [2.24, 2.45) is 11.3 Å². The first-order valence-electron chi connectivity index (χ1n) is 6.46. The van der Waals surface area contributed by atoms with E-state index in [1.165, 1.54) is 19.3 Å². The molecule has 0 aromatic heterocycles. The molecule has 0 aromatic rings. The monoisotopic (exact) mass is 208 g/mol. The van der Waals surface area contributed by atoms with Gasteiger partial charge in [0, 0.05) is 0 Å². The average Bonchev–Trinajstić information content (AvgIpc) is 2.17. The standard InChI is InChI=1S/C14H24O/c1-4-11-13(15)8-7-12-10(2)6-5-9-14(11,12)3/h11,13,15H,4-9H2,1-3H3/t11-,13-,14?/m1/s1. The van der Waals surface area contributed by atoms with Gasteiger partial charge in [-0.15, -0.1) is 0 Å². The molecular weight excluding hydrogens is 184 g/mol. The van der Waals surface area contributed by atoms with Crippen molar-refractivity contribution in [1.29, 1.82) is 0 Å². The molecule has 15 heavy (non-hydrogen) atoms. The summed E-state index contributed by atoms with van der Waals surface area (Å²) in [5.41, 5.74) is 3.62. The van der Waals surface area contributed by atoms with Crippen LogP contribution in [0.3, 0.4) is 0 Å². The van der Waals surface area contributed by atoms with Gasteiger partial charge < -0.3 is 5.11 Å². The van der Waals surface area contributed by atoms with Gasteiger partial charge in [-0.3, -0.25) is 0 Å². The zero-order valence-corrected chi connectivity index (χ0v) is 10.3. The summed E-state index contributed by atoms with van der Waals surface area (Å²) in [4.78, 5) is 0. The molecule has 0 aliphatic heterocycles. The summed E-state index contributed by atoms with van der Waals surface area (Å²) in [5, 5.41) is 10.1. The van der Waals surface area contributed by atoms with Gasteiger partial charge in [0.2, 0.25) is 0 Å². The molecule has 0 radical (unpaired) electrons. The van der Waals surface area contributed by atoms with Gasteiger partial charge >= 0.3 is 0 Å². The SMILES string of the molecule is CC[C@@H]1[C@H](O)CCC2=C(C)CCCC21C. The summed E-state index contributed by atoms with van der Waals surface area (Å²) in [5.74, 6) is 0.497. The lowest BCUT2D eigenvalue weighted by Gasteiger charge is -2.49. The Morgan fingerprint density at radius 1 is 1.40 bits per heavy atom. The summed E-state index contributed by atoms with van der Waals surface area (Å²) in [6, 6.07) is 0. The first kappa shape index (κ1) is 11.2. The number of rotatable bonds is 1. The molecule has 1 N–H and O–H groups in total. The van der Waals surface area contributed by atoms with Crippen molar-refractivity contribution < 1.29 is 5.11 Å². The molecule has 86 valence electrons. The number of aliphatic hydroxyl groups excluding tert-OH is 1. The Hall–Kier alpha value is -0.300. The van der Waals surface area contributed by atoms with E-state index in [1.54, 1.807) is 11.1 Å². The van der Waals surface area contributed by atoms with Crippen molar-refractivity contribution in [3.05, 3.63) is 11.1 Å². The van der Waals surface area contributed by atoms with Crippen LogP contribution in [0.4, 0.5) is 0 Å². The number of allylic oxidation sites excluding steroid dienone is 2. The molecule has 2 aliphatic rings. The fourth-order valence-corrected chi connectivity index (χ4v) is 4.06. The maximum atomic E-state index is 10.1. The first-order chi connectivity index (χ1) is 7.09. The van der Waals surface area contributed by atoms with Crippen molar-refractivity contribution >= 4 is 0 Å². The Balaban J connectivity index is 2.38. The molecule has 3 atom stereocenters. The van der Waals surface area contributed by atoms with E-state index in [0.717, 1.165) is 19.3 Å². The summed E-state index contributed by atoms with van der Waals surface area (Å²) < 4.78 is 0. The van der Waals surface area contributed by atoms with Gasteiger partial charge in [-0.05, 0) is 50.4 Å². The third kappa shape index (κ3) is 1.65. The van der Waals surface area contributed by atoms with Crippen molar-refractivity contribution in [2.75, 3.05) is 0 Å². The van der Waals surface area contributed by atoms with E-state index in [2.05, 4.69) is 20.8 Å². The molecular formula is C14H24O. The predicted molar refractivity (Wildman–Crippen MR) is 63.7 cm³/mol. The number of fused-ring (bicyclic) bond motifs is 1. The van der Waals surface area contributed by atoms with Gasteiger partial charge in [-0.25, -0.2) is 0 Å². The maximum absolute atomic E-state index is 10.1. The second-order valence-corrected chi connectivity index (χ2v) is 5.65. The van der Waals surface area contributed by atoms with Crippen molar-refractivity contribution in [1.82, 2.24) is 0 Å². The lowest BCUT2D eigenvalue weighted by Crippen LogP contribution is -2.43. The highest BCUT2D eigenvalue weighted by Gasteiger charge is 2.45. The molecule has 1 heteroatoms. The number of aliphatic hydroxyl groups is 1. The largest absolute Gasteiger partial charge is 0.393 e. The normalized spacial score (nSPS) is 41.6. The Morgan fingerprint density at radius 3 is 2.80 bits per heavy atom. The zero-order valence-electron chi connectivity index (χ0n) is 10.3. The third-order valence-corrected chi connectivity index (χ3v) is 4.87. The third-order valence-electron chi connectivity index (χ3n) is 4.87. The van der Waals surface area contributed by atoms with Gasteiger partial charge in [0.25, 0.3) is 0 Å². The molecule has 1 unspecified atom stereocenters. The second-order valence-electron chi connectivity index (χ2n) is 5.65. The first-order valence-corrected chi connectivity index (χ1v) is 6.46.